The van der Waals surface area contributed by atoms with Crippen LogP contribution in [0.4, 0.5) is 47.1 Å². The third-order valence-corrected chi connectivity index (χ3v) is 10.1. The van der Waals surface area contributed by atoms with E-state index in [-0.39, 0.29) is 111 Å². The van der Waals surface area contributed by atoms with Crippen LogP contribution in [0.15, 0.2) is 46.2 Å². The van der Waals surface area contributed by atoms with Crippen LogP contribution in [-0.4, -0.2) is 182 Å². The number of hydrogen-bond acceptors (Lipinski definition) is 24. The Kier molecular flexibility index (Phi) is 23.0. The third-order valence-electron chi connectivity index (χ3n) is 8.31. The Balaban J connectivity index is 1.50. The van der Waals surface area contributed by atoms with Gasteiger partial charge in [-0.05, 0) is 48.2 Å². The summed E-state index contributed by atoms with van der Waals surface area (Å²) in [5.41, 5.74) is 0.161. The standard InChI is InChI=1S/C38H56N12O14S2/c51-13-11-41-35-45-33(39-9-1-17-61-21-23-63-19-15-53)47-37(49-35)43-29-7-5-27(31(25-29)65(55,56)57)3-4-28-6-8-30(26-32(28)66(58,59)60)44-38-48-34(46-36(50-38)42-12-14-52)40-10-2-18-62-22-24-64-20-16-54/h3-8,25-26,51-54H,1-2,9-24H2,(H,55,56,57)(H,58,59,60)(H3,39,41,43,45,47,49)(H3,40,42,44,46,48,50). The SMILES string of the molecule is O=S(=O)(O)c1cc(Nc2nc(NCCO)nc(NCCCOCCOCCO)n2)ccc1C=Cc1ccc(Nc2nc(NCCO)nc(NCCCOCCOCCO)n2)cc1S(=O)(=O)O. The maximum atomic E-state index is 12.6. The summed E-state index contributed by atoms with van der Waals surface area (Å²) in [6.45, 7) is 3.12. The Morgan fingerprint density at radius 2 is 0.773 bits per heavy atom. The van der Waals surface area contributed by atoms with Crippen molar-refractivity contribution in [1.82, 2.24) is 29.9 Å². The number of aliphatic hydroxyl groups is 4. The molecule has 0 amide bonds. The van der Waals surface area contributed by atoms with E-state index in [4.69, 9.17) is 29.2 Å². The average molecular weight is 969 g/mol. The summed E-state index contributed by atoms with van der Waals surface area (Å²) >= 11 is 0. The molecule has 0 aliphatic rings. The fraction of sp³-hybridized carbons (Fsp3) is 0.474. The van der Waals surface area contributed by atoms with E-state index in [0.29, 0.717) is 65.6 Å². The molecule has 0 saturated carbocycles. The van der Waals surface area contributed by atoms with E-state index in [9.17, 15) is 36.2 Å². The normalized spacial score (nSPS) is 11.8. The lowest BCUT2D eigenvalue weighted by atomic mass is 10.1. The second-order valence-corrected chi connectivity index (χ2v) is 16.2. The molecule has 0 bridgehead atoms. The van der Waals surface area contributed by atoms with Crippen molar-refractivity contribution >= 4 is 79.5 Å². The molecular formula is C38H56N12O14S2. The predicted octanol–water partition coefficient (Wildman–Crippen LogP) is 0.671. The van der Waals surface area contributed by atoms with Gasteiger partial charge in [-0.3, -0.25) is 9.11 Å². The highest BCUT2D eigenvalue weighted by Gasteiger charge is 2.19. The number of aromatic nitrogens is 6. The number of benzene rings is 2. The van der Waals surface area contributed by atoms with Gasteiger partial charge in [0.1, 0.15) is 9.79 Å². The Labute approximate surface area is 381 Å². The van der Waals surface area contributed by atoms with Crippen molar-refractivity contribution in [2.24, 2.45) is 0 Å². The van der Waals surface area contributed by atoms with Gasteiger partial charge in [-0.2, -0.15) is 46.7 Å². The second kappa shape index (κ2) is 28.5. The van der Waals surface area contributed by atoms with Crippen molar-refractivity contribution in [1.29, 1.82) is 0 Å². The van der Waals surface area contributed by atoms with Crippen LogP contribution in [0.5, 0.6) is 0 Å². The molecule has 0 unspecified atom stereocenters. The molecular weight excluding hydrogens is 913 g/mol. The van der Waals surface area contributed by atoms with Crippen molar-refractivity contribution in [2.75, 3.05) is 137 Å². The summed E-state index contributed by atoms with van der Waals surface area (Å²) in [7, 11) is -9.76. The summed E-state index contributed by atoms with van der Waals surface area (Å²) in [5, 5.41) is 53.7. The minimum absolute atomic E-state index is 0.0252. The molecule has 0 spiro atoms. The van der Waals surface area contributed by atoms with Crippen LogP contribution in [-0.2, 0) is 39.2 Å². The fourth-order valence-corrected chi connectivity index (χ4v) is 6.84. The lowest BCUT2D eigenvalue weighted by molar-refractivity contribution is 0.0331. The van der Waals surface area contributed by atoms with Crippen molar-refractivity contribution in [2.45, 2.75) is 22.6 Å². The molecule has 0 saturated heterocycles. The summed E-state index contributed by atoms with van der Waals surface area (Å²) < 4.78 is 92.2. The van der Waals surface area contributed by atoms with Gasteiger partial charge in [-0.15, -0.1) is 0 Å². The van der Waals surface area contributed by atoms with E-state index in [1.165, 1.54) is 36.4 Å². The molecule has 0 fully saturated rings. The highest BCUT2D eigenvalue weighted by molar-refractivity contribution is 7.86. The van der Waals surface area contributed by atoms with Crippen LogP contribution in [0.25, 0.3) is 12.2 Å². The third kappa shape index (κ3) is 19.5. The quantitative estimate of drug-likeness (QED) is 0.0174. The number of nitrogens with zero attached hydrogens (tertiary/aromatic N) is 6. The summed E-state index contributed by atoms with van der Waals surface area (Å²) in [4.78, 5) is 24.6. The Morgan fingerprint density at radius 3 is 1.11 bits per heavy atom. The van der Waals surface area contributed by atoms with Gasteiger partial charge in [0.2, 0.25) is 35.7 Å². The molecule has 0 radical (unpaired) electrons. The average Bonchev–Trinajstić information content (AvgIpc) is 3.28. The zero-order valence-corrected chi connectivity index (χ0v) is 37.4. The minimum Gasteiger partial charge on any atom is -0.395 e. The van der Waals surface area contributed by atoms with Crippen LogP contribution >= 0.6 is 0 Å². The molecule has 12 N–H and O–H groups in total. The molecule has 2 aromatic carbocycles. The smallest absolute Gasteiger partial charge is 0.295 e. The minimum atomic E-state index is -4.88. The molecule has 26 nitrogen and oxygen atoms in total. The van der Waals surface area contributed by atoms with Crippen LogP contribution in [0.2, 0.25) is 0 Å². The first kappa shape index (κ1) is 53.1. The highest BCUT2D eigenvalue weighted by Crippen LogP contribution is 2.28. The van der Waals surface area contributed by atoms with Gasteiger partial charge in [0.25, 0.3) is 20.2 Å². The van der Waals surface area contributed by atoms with Gasteiger partial charge in [0.15, 0.2) is 0 Å². The van der Waals surface area contributed by atoms with Crippen LogP contribution in [0.1, 0.15) is 24.0 Å². The molecule has 0 aliphatic heterocycles. The lowest BCUT2D eigenvalue weighted by Crippen LogP contribution is -2.15. The highest BCUT2D eigenvalue weighted by atomic mass is 32.2. The Bertz CT molecular complexity index is 2190. The molecule has 4 aromatic rings. The first-order valence-corrected chi connectivity index (χ1v) is 23.4. The Hall–Kier alpha value is -5.50. The van der Waals surface area contributed by atoms with Gasteiger partial charge >= 0.3 is 0 Å². The van der Waals surface area contributed by atoms with Gasteiger partial charge in [0.05, 0.1) is 66.1 Å². The van der Waals surface area contributed by atoms with E-state index in [1.807, 2.05) is 0 Å². The number of hydrogen-bond donors (Lipinski definition) is 12. The van der Waals surface area contributed by atoms with Crippen molar-refractivity contribution < 1.29 is 65.3 Å². The van der Waals surface area contributed by atoms with Gasteiger partial charge in [-0.1, -0.05) is 24.3 Å². The molecule has 0 aliphatic carbocycles. The Morgan fingerprint density at radius 1 is 0.439 bits per heavy atom. The fourth-order valence-electron chi connectivity index (χ4n) is 5.42. The zero-order valence-electron chi connectivity index (χ0n) is 35.8. The van der Waals surface area contributed by atoms with Crippen LogP contribution in [0.3, 0.4) is 0 Å². The maximum absolute atomic E-state index is 12.6. The van der Waals surface area contributed by atoms with Crippen LogP contribution in [0, 0.1) is 0 Å². The van der Waals surface area contributed by atoms with Crippen molar-refractivity contribution in [3.05, 3.63) is 47.5 Å². The zero-order chi connectivity index (χ0) is 47.6. The van der Waals surface area contributed by atoms with E-state index >= 15 is 0 Å². The van der Waals surface area contributed by atoms with Gasteiger partial charge in [-0.25, -0.2) is 0 Å². The molecule has 28 heteroatoms. The summed E-state index contributed by atoms with van der Waals surface area (Å²) in [5.74, 6) is 0.422. The van der Waals surface area contributed by atoms with Gasteiger partial charge in [0, 0.05) is 50.8 Å². The number of aliphatic hydroxyl groups excluding tert-OH is 4. The first-order chi connectivity index (χ1) is 31.8. The van der Waals surface area contributed by atoms with E-state index in [2.05, 4.69) is 61.8 Å². The van der Waals surface area contributed by atoms with Crippen molar-refractivity contribution in [3.8, 4) is 0 Å². The summed E-state index contributed by atoms with van der Waals surface area (Å²) in [6, 6.07) is 7.80. The predicted molar refractivity (Wildman–Crippen MR) is 242 cm³/mol. The largest absolute Gasteiger partial charge is 0.395 e. The lowest BCUT2D eigenvalue weighted by Gasteiger charge is -2.13. The maximum Gasteiger partial charge on any atom is 0.295 e. The van der Waals surface area contributed by atoms with E-state index in [1.54, 1.807) is 0 Å². The van der Waals surface area contributed by atoms with E-state index in [0.717, 1.165) is 12.1 Å². The molecule has 2 heterocycles. The molecule has 4 rings (SSSR count). The van der Waals surface area contributed by atoms with Crippen molar-refractivity contribution in [3.63, 3.8) is 0 Å². The molecule has 66 heavy (non-hydrogen) atoms. The first-order valence-electron chi connectivity index (χ1n) is 20.5. The number of ether oxygens (including phenoxy) is 4. The monoisotopic (exact) mass is 968 g/mol. The van der Waals surface area contributed by atoms with E-state index < -0.39 is 30.0 Å². The van der Waals surface area contributed by atoms with Gasteiger partial charge < -0.3 is 71.3 Å². The second-order valence-electron chi connectivity index (χ2n) is 13.4. The summed E-state index contributed by atoms with van der Waals surface area (Å²) in [6.07, 6.45) is 3.61. The number of rotatable bonds is 34. The number of nitrogens with one attached hydrogen (secondary N) is 6. The topological polar surface area (TPSA) is 376 Å². The molecule has 0 atom stereocenters. The number of anilines is 8. The van der Waals surface area contributed by atoms with Crippen LogP contribution < -0.4 is 31.9 Å². The molecule has 364 valence electrons. The molecule has 2 aromatic heterocycles.